The minimum Gasteiger partial charge on any atom is -0.460 e. The van der Waals surface area contributed by atoms with Crippen LogP contribution >= 0.6 is 27.5 Å². The van der Waals surface area contributed by atoms with E-state index in [1.54, 1.807) is 12.1 Å². The molecule has 1 aromatic rings. The summed E-state index contributed by atoms with van der Waals surface area (Å²) < 4.78 is 32.1. The largest absolute Gasteiger partial charge is 0.460 e. The lowest BCUT2D eigenvalue weighted by atomic mass is 10.1. The van der Waals surface area contributed by atoms with Gasteiger partial charge < -0.3 is 4.74 Å². The number of halogens is 4. The monoisotopic (exact) mass is 378 g/mol. The van der Waals surface area contributed by atoms with Crippen molar-refractivity contribution >= 4 is 33.5 Å². The molecule has 1 saturated carbocycles. The summed E-state index contributed by atoms with van der Waals surface area (Å²) in [6.07, 6.45) is 1.21. The lowest BCUT2D eigenvalue weighted by Gasteiger charge is -2.08. The minimum absolute atomic E-state index is 0.168. The molecule has 6 heteroatoms. The van der Waals surface area contributed by atoms with E-state index in [9.17, 15) is 13.6 Å². The quantitative estimate of drug-likeness (QED) is 0.692. The number of carbonyl (C=O) groups excluding carboxylic acids is 1. The molecular weight excluding hydrogens is 366 g/mol. The van der Waals surface area contributed by atoms with Crippen LogP contribution in [0.25, 0.3) is 0 Å². The van der Waals surface area contributed by atoms with Gasteiger partial charge in [-0.1, -0.05) is 47.4 Å². The van der Waals surface area contributed by atoms with Crippen LogP contribution in [0.15, 0.2) is 34.0 Å². The van der Waals surface area contributed by atoms with Crippen LogP contribution < -0.4 is 0 Å². The van der Waals surface area contributed by atoms with Gasteiger partial charge in [0.05, 0.1) is 5.92 Å². The van der Waals surface area contributed by atoms with Crippen molar-refractivity contribution in [3.05, 3.63) is 45.4 Å². The Hall–Kier alpha value is -0.940. The van der Waals surface area contributed by atoms with E-state index in [2.05, 4.69) is 15.9 Å². The summed E-state index contributed by atoms with van der Waals surface area (Å²) in [5.41, 5.74) is -0.129. The Morgan fingerprint density at radius 1 is 1.52 bits per heavy atom. The van der Waals surface area contributed by atoms with Crippen molar-refractivity contribution in [1.82, 2.24) is 0 Å². The molecule has 0 radical (unpaired) electrons. The zero-order valence-electron chi connectivity index (χ0n) is 11.5. The summed E-state index contributed by atoms with van der Waals surface area (Å²) in [5.74, 6) is -1.69. The molecule has 21 heavy (non-hydrogen) atoms. The van der Waals surface area contributed by atoms with E-state index >= 15 is 0 Å². The fourth-order valence-electron chi connectivity index (χ4n) is 2.48. The molecule has 114 valence electrons. The van der Waals surface area contributed by atoms with E-state index in [-0.39, 0.29) is 18.1 Å². The number of esters is 1. The van der Waals surface area contributed by atoms with Crippen molar-refractivity contribution in [3.8, 4) is 0 Å². The maximum atomic E-state index is 13.6. The number of benzene rings is 1. The fraction of sp³-hybridized carbons (Fsp3) is 0.400. The van der Waals surface area contributed by atoms with Gasteiger partial charge in [0.25, 0.3) is 0 Å². The molecule has 2 unspecified atom stereocenters. The van der Waals surface area contributed by atoms with Gasteiger partial charge in [-0.25, -0.2) is 4.39 Å². The predicted molar refractivity (Wildman–Crippen MR) is 79.7 cm³/mol. The molecule has 2 rings (SSSR count). The lowest BCUT2D eigenvalue weighted by molar-refractivity contribution is -0.147. The number of allylic oxidation sites excluding steroid dienone is 1. The molecule has 0 N–H and O–H groups in total. The van der Waals surface area contributed by atoms with Gasteiger partial charge in [0, 0.05) is 16.0 Å². The molecule has 1 aliphatic carbocycles. The highest BCUT2D eigenvalue weighted by molar-refractivity contribution is 9.10. The van der Waals surface area contributed by atoms with Crippen LogP contribution in [0.5, 0.6) is 0 Å². The van der Waals surface area contributed by atoms with E-state index in [1.165, 1.54) is 12.1 Å². The van der Waals surface area contributed by atoms with Gasteiger partial charge >= 0.3 is 5.97 Å². The molecule has 0 saturated heterocycles. The molecule has 0 aromatic heterocycles. The molecule has 1 aliphatic rings. The van der Waals surface area contributed by atoms with Crippen molar-refractivity contribution in [2.24, 2.45) is 17.3 Å². The van der Waals surface area contributed by atoms with Crippen LogP contribution in [0.2, 0.25) is 0 Å². The molecule has 2 atom stereocenters. The fourth-order valence-corrected chi connectivity index (χ4v) is 3.07. The minimum atomic E-state index is -0.833. The summed E-state index contributed by atoms with van der Waals surface area (Å²) in [6, 6.07) is 4.52. The van der Waals surface area contributed by atoms with E-state index < -0.39 is 28.4 Å². The SMILES string of the molecule is CC1(C)C(C=C(F)Cl)C1C(=O)OCc1c(F)cccc1Br. The first-order valence-electron chi connectivity index (χ1n) is 6.37. The molecule has 0 bridgehead atoms. The Bertz CT molecular complexity index is 577. The van der Waals surface area contributed by atoms with Crippen LogP contribution in [-0.4, -0.2) is 5.97 Å². The van der Waals surface area contributed by atoms with Gasteiger partial charge in [-0.05, 0) is 23.6 Å². The first kappa shape index (κ1) is 16.4. The Balaban J connectivity index is 2.02. The maximum absolute atomic E-state index is 13.6. The lowest BCUT2D eigenvalue weighted by Crippen LogP contribution is -2.11. The molecule has 0 aliphatic heterocycles. The van der Waals surface area contributed by atoms with Crippen molar-refractivity contribution in [3.63, 3.8) is 0 Å². The van der Waals surface area contributed by atoms with Gasteiger partial charge in [-0.3, -0.25) is 4.79 Å². The van der Waals surface area contributed by atoms with Crippen molar-refractivity contribution in [2.45, 2.75) is 20.5 Å². The van der Waals surface area contributed by atoms with Crippen LogP contribution in [0, 0.1) is 23.1 Å². The molecule has 2 nitrogen and oxygen atoms in total. The van der Waals surface area contributed by atoms with Crippen molar-refractivity contribution < 1.29 is 18.3 Å². The van der Waals surface area contributed by atoms with Gasteiger partial charge in [0.1, 0.15) is 12.4 Å². The predicted octanol–water partition coefficient (Wildman–Crippen LogP) is 4.95. The number of rotatable bonds is 4. The van der Waals surface area contributed by atoms with Gasteiger partial charge in [-0.15, -0.1) is 0 Å². The van der Waals surface area contributed by atoms with Crippen LogP contribution in [0.1, 0.15) is 19.4 Å². The zero-order chi connectivity index (χ0) is 15.8. The Morgan fingerprint density at radius 2 is 2.19 bits per heavy atom. The summed E-state index contributed by atoms with van der Waals surface area (Å²) in [4.78, 5) is 12.1. The Labute approximate surface area is 135 Å². The Kier molecular flexibility index (Phi) is 4.73. The second-order valence-corrected chi connectivity index (χ2v) is 6.80. The maximum Gasteiger partial charge on any atom is 0.310 e. The highest BCUT2D eigenvalue weighted by atomic mass is 79.9. The number of hydrogen-bond acceptors (Lipinski definition) is 2. The average Bonchev–Trinajstić information content (AvgIpc) is 2.89. The highest BCUT2D eigenvalue weighted by Gasteiger charge is 2.61. The smallest absolute Gasteiger partial charge is 0.310 e. The normalized spacial score (nSPS) is 23.8. The number of carbonyl (C=O) groups is 1. The van der Waals surface area contributed by atoms with E-state index in [0.717, 1.165) is 0 Å². The zero-order valence-corrected chi connectivity index (χ0v) is 13.8. The molecule has 0 amide bonds. The van der Waals surface area contributed by atoms with Gasteiger partial charge in [0.15, 0.2) is 5.29 Å². The number of hydrogen-bond donors (Lipinski definition) is 0. The molecule has 0 heterocycles. The third-order valence-electron chi connectivity index (χ3n) is 3.89. The van der Waals surface area contributed by atoms with Crippen LogP contribution in [0.4, 0.5) is 8.78 Å². The molecule has 0 spiro atoms. The van der Waals surface area contributed by atoms with E-state index in [4.69, 9.17) is 16.3 Å². The molecular formula is C15H14BrClF2O2. The van der Waals surface area contributed by atoms with E-state index in [1.807, 2.05) is 13.8 Å². The topological polar surface area (TPSA) is 26.3 Å². The Morgan fingerprint density at radius 3 is 2.76 bits per heavy atom. The molecule has 1 aromatic carbocycles. The van der Waals surface area contributed by atoms with Crippen molar-refractivity contribution in [2.75, 3.05) is 0 Å². The first-order chi connectivity index (χ1) is 9.75. The third kappa shape index (κ3) is 3.46. The van der Waals surface area contributed by atoms with E-state index in [0.29, 0.717) is 4.47 Å². The summed E-state index contributed by atoms with van der Waals surface area (Å²) >= 11 is 8.42. The summed E-state index contributed by atoms with van der Waals surface area (Å²) in [6.45, 7) is 3.50. The van der Waals surface area contributed by atoms with Gasteiger partial charge in [0.2, 0.25) is 0 Å². The van der Waals surface area contributed by atoms with Crippen molar-refractivity contribution in [1.29, 1.82) is 0 Å². The summed E-state index contributed by atoms with van der Waals surface area (Å²) in [7, 11) is 0. The average molecular weight is 380 g/mol. The van der Waals surface area contributed by atoms with Gasteiger partial charge in [-0.2, -0.15) is 4.39 Å². The van der Waals surface area contributed by atoms with Crippen LogP contribution in [-0.2, 0) is 16.1 Å². The summed E-state index contributed by atoms with van der Waals surface area (Å²) in [5, 5.41) is -0.833. The molecule has 1 fully saturated rings. The third-order valence-corrected chi connectivity index (χ3v) is 4.76. The number of ether oxygens (including phenoxy) is 1. The highest BCUT2D eigenvalue weighted by Crippen LogP contribution is 2.60. The second-order valence-electron chi connectivity index (χ2n) is 5.59. The van der Waals surface area contributed by atoms with Crippen LogP contribution in [0.3, 0.4) is 0 Å². The first-order valence-corrected chi connectivity index (χ1v) is 7.54. The second kappa shape index (κ2) is 6.05. The standard InChI is InChI=1S/C15H14BrClF2O2/c1-15(2)9(6-12(17)19)13(15)14(20)21-7-8-10(16)4-3-5-11(8)18/h3-6,9,13H,7H2,1-2H3.